The molecule has 1 heterocycles. The van der Waals surface area contributed by atoms with Crippen molar-refractivity contribution in [3.63, 3.8) is 0 Å². The molecule has 0 atom stereocenters. The Bertz CT molecular complexity index is 500. The summed E-state index contributed by atoms with van der Waals surface area (Å²) >= 11 is 6.11. The molecule has 1 N–H and O–H groups in total. The fourth-order valence-electron chi connectivity index (χ4n) is 2.68. The molecule has 0 saturated carbocycles. The van der Waals surface area contributed by atoms with Crippen LogP contribution in [0.2, 0.25) is 5.02 Å². The maximum absolute atomic E-state index is 10.8. The first-order valence-corrected chi connectivity index (χ1v) is 7.75. The number of likely N-dealkylation sites (tertiary alicyclic amines) is 1. The molecule has 0 radical (unpaired) electrons. The standard InChI is InChI=1S/C15H22ClN3O2/c1-11(2)18-7-5-13(6-8-18)17-10-12-9-14(19(20)21)3-4-15(12)16/h3-4,9,11,13,17H,5-8,10H2,1-2H3. The van der Waals surface area contributed by atoms with E-state index in [4.69, 9.17) is 11.6 Å². The number of hydrogen-bond acceptors (Lipinski definition) is 4. The summed E-state index contributed by atoms with van der Waals surface area (Å²) in [5.74, 6) is 0. The van der Waals surface area contributed by atoms with E-state index >= 15 is 0 Å². The molecular weight excluding hydrogens is 290 g/mol. The van der Waals surface area contributed by atoms with Gasteiger partial charge in [0, 0.05) is 35.8 Å². The summed E-state index contributed by atoms with van der Waals surface area (Å²) in [6.07, 6.45) is 2.20. The number of nitro groups is 1. The number of rotatable bonds is 5. The van der Waals surface area contributed by atoms with Gasteiger partial charge in [-0.3, -0.25) is 10.1 Å². The second kappa shape index (κ2) is 7.20. The molecule has 21 heavy (non-hydrogen) atoms. The van der Waals surface area contributed by atoms with E-state index < -0.39 is 0 Å². The zero-order valence-corrected chi connectivity index (χ0v) is 13.3. The van der Waals surface area contributed by atoms with Crippen LogP contribution < -0.4 is 5.32 Å². The van der Waals surface area contributed by atoms with E-state index in [-0.39, 0.29) is 10.6 Å². The minimum Gasteiger partial charge on any atom is -0.310 e. The van der Waals surface area contributed by atoms with E-state index in [1.165, 1.54) is 6.07 Å². The highest BCUT2D eigenvalue weighted by Gasteiger charge is 2.20. The number of non-ortho nitro benzene ring substituents is 1. The molecule has 0 spiro atoms. The molecule has 1 fully saturated rings. The van der Waals surface area contributed by atoms with Crippen molar-refractivity contribution in [2.75, 3.05) is 13.1 Å². The Hall–Kier alpha value is -1.17. The van der Waals surface area contributed by atoms with Crippen LogP contribution in [0.25, 0.3) is 0 Å². The molecule has 1 saturated heterocycles. The average Bonchev–Trinajstić information content (AvgIpc) is 2.46. The third-order valence-electron chi connectivity index (χ3n) is 4.08. The number of piperidine rings is 1. The van der Waals surface area contributed by atoms with Crippen LogP contribution in [0.4, 0.5) is 5.69 Å². The molecule has 1 aliphatic rings. The summed E-state index contributed by atoms with van der Waals surface area (Å²) in [6.45, 7) is 7.20. The van der Waals surface area contributed by atoms with Crippen LogP contribution in [0.5, 0.6) is 0 Å². The van der Waals surface area contributed by atoms with E-state index in [1.807, 2.05) is 0 Å². The molecule has 0 bridgehead atoms. The van der Waals surface area contributed by atoms with E-state index in [1.54, 1.807) is 12.1 Å². The van der Waals surface area contributed by atoms with Crippen molar-refractivity contribution in [1.29, 1.82) is 0 Å². The first-order chi connectivity index (χ1) is 9.97. The monoisotopic (exact) mass is 311 g/mol. The molecule has 1 aromatic rings. The second-order valence-electron chi connectivity index (χ2n) is 5.82. The zero-order valence-electron chi connectivity index (χ0n) is 12.5. The molecule has 116 valence electrons. The fourth-order valence-corrected chi connectivity index (χ4v) is 2.87. The van der Waals surface area contributed by atoms with Gasteiger partial charge in [0.15, 0.2) is 0 Å². The number of nitrogens with zero attached hydrogens (tertiary/aromatic N) is 2. The third kappa shape index (κ3) is 4.40. The van der Waals surface area contributed by atoms with Crippen molar-refractivity contribution < 1.29 is 4.92 Å². The zero-order chi connectivity index (χ0) is 15.4. The Morgan fingerprint density at radius 1 is 1.43 bits per heavy atom. The maximum Gasteiger partial charge on any atom is 0.269 e. The molecular formula is C15H22ClN3O2. The molecule has 1 aromatic carbocycles. The first kappa shape index (κ1) is 16.2. The van der Waals surface area contributed by atoms with Crippen molar-refractivity contribution in [3.8, 4) is 0 Å². The second-order valence-corrected chi connectivity index (χ2v) is 6.22. The lowest BCUT2D eigenvalue weighted by atomic mass is 10.0. The summed E-state index contributed by atoms with van der Waals surface area (Å²) < 4.78 is 0. The summed E-state index contributed by atoms with van der Waals surface area (Å²) in [4.78, 5) is 12.9. The fraction of sp³-hybridized carbons (Fsp3) is 0.600. The van der Waals surface area contributed by atoms with Crippen LogP contribution in [0.1, 0.15) is 32.3 Å². The predicted octanol–water partition coefficient (Wildman–Crippen LogP) is 3.21. The average molecular weight is 312 g/mol. The Morgan fingerprint density at radius 3 is 2.67 bits per heavy atom. The van der Waals surface area contributed by atoms with Crippen molar-refractivity contribution in [2.24, 2.45) is 0 Å². The predicted molar refractivity (Wildman–Crippen MR) is 84.7 cm³/mol. The summed E-state index contributed by atoms with van der Waals surface area (Å²) in [7, 11) is 0. The highest BCUT2D eigenvalue weighted by molar-refractivity contribution is 6.31. The lowest BCUT2D eigenvalue weighted by Gasteiger charge is -2.35. The van der Waals surface area contributed by atoms with Crippen LogP contribution in [-0.4, -0.2) is 35.0 Å². The van der Waals surface area contributed by atoms with Crippen molar-refractivity contribution in [3.05, 3.63) is 38.9 Å². The third-order valence-corrected chi connectivity index (χ3v) is 4.45. The van der Waals surface area contributed by atoms with Gasteiger partial charge in [0.05, 0.1) is 4.92 Å². The van der Waals surface area contributed by atoms with Crippen LogP contribution in [0.15, 0.2) is 18.2 Å². The lowest BCUT2D eigenvalue weighted by molar-refractivity contribution is -0.384. The quantitative estimate of drug-likeness (QED) is 0.670. The van der Waals surface area contributed by atoms with Gasteiger partial charge < -0.3 is 10.2 Å². The van der Waals surface area contributed by atoms with E-state index in [9.17, 15) is 10.1 Å². The highest BCUT2D eigenvalue weighted by atomic mass is 35.5. The number of halogens is 1. The molecule has 2 rings (SSSR count). The minimum atomic E-state index is -0.388. The van der Waals surface area contributed by atoms with Gasteiger partial charge in [-0.05, 0) is 51.4 Å². The SMILES string of the molecule is CC(C)N1CCC(NCc2cc([N+](=O)[O-])ccc2Cl)CC1. The van der Waals surface area contributed by atoms with E-state index in [0.29, 0.717) is 23.7 Å². The number of benzene rings is 1. The molecule has 0 amide bonds. The molecule has 6 heteroatoms. The van der Waals surface area contributed by atoms with Crippen LogP contribution in [0.3, 0.4) is 0 Å². The molecule has 1 aliphatic heterocycles. The van der Waals surface area contributed by atoms with Crippen molar-refractivity contribution >= 4 is 17.3 Å². The molecule has 5 nitrogen and oxygen atoms in total. The van der Waals surface area contributed by atoms with Crippen LogP contribution in [-0.2, 0) is 6.54 Å². The highest BCUT2D eigenvalue weighted by Crippen LogP contribution is 2.22. The maximum atomic E-state index is 10.8. The lowest BCUT2D eigenvalue weighted by Crippen LogP contribution is -2.44. The number of nitro benzene ring substituents is 1. The normalized spacial score (nSPS) is 17.3. The van der Waals surface area contributed by atoms with Gasteiger partial charge in [0.1, 0.15) is 0 Å². The van der Waals surface area contributed by atoms with E-state index in [2.05, 4.69) is 24.1 Å². The van der Waals surface area contributed by atoms with Gasteiger partial charge >= 0.3 is 0 Å². The van der Waals surface area contributed by atoms with Gasteiger partial charge in [-0.15, -0.1) is 0 Å². The Morgan fingerprint density at radius 2 is 2.10 bits per heavy atom. The van der Waals surface area contributed by atoms with Crippen molar-refractivity contribution in [1.82, 2.24) is 10.2 Å². The molecule has 0 unspecified atom stereocenters. The molecule has 0 aliphatic carbocycles. The topological polar surface area (TPSA) is 58.4 Å². The van der Waals surface area contributed by atoms with Gasteiger partial charge in [0.2, 0.25) is 0 Å². The number of nitrogens with one attached hydrogen (secondary N) is 1. The van der Waals surface area contributed by atoms with Gasteiger partial charge in [-0.2, -0.15) is 0 Å². The van der Waals surface area contributed by atoms with E-state index in [0.717, 1.165) is 31.5 Å². The van der Waals surface area contributed by atoms with Gasteiger partial charge in [-0.1, -0.05) is 11.6 Å². The van der Waals surface area contributed by atoms with Gasteiger partial charge in [0.25, 0.3) is 5.69 Å². The smallest absolute Gasteiger partial charge is 0.269 e. The summed E-state index contributed by atoms with van der Waals surface area (Å²) in [6, 6.07) is 5.64. The minimum absolute atomic E-state index is 0.0887. The Labute approximate surface area is 130 Å². The van der Waals surface area contributed by atoms with Crippen LogP contribution >= 0.6 is 11.6 Å². The molecule has 0 aromatic heterocycles. The Kier molecular flexibility index (Phi) is 5.56. The van der Waals surface area contributed by atoms with Crippen LogP contribution in [0, 0.1) is 10.1 Å². The first-order valence-electron chi connectivity index (χ1n) is 7.37. The van der Waals surface area contributed by atoms with Crippen molar-refractivity contribution in [2.45, 2.75) is 45.3 Å². The summed E-state index contributed by atoms with van der Waals surface area (Å²) in [5.41, 5.74) is 0.878. The van der Waals surface area contributed by atoms with Gasteiger partial charge in [-0.25, -0.2) is 0 Å². The largest absolute Gasteiger partial charge is 0.310 e. The summed E-state index contributed by atoms with van der Waals surface area (Å²) in [5, 5.41) is 14.9. The Balaban J connectivity index is 1.89. The number of hydrogen-bond donors (Lipinski definition) is 1.